The Balaban J connectivity index is 3.15. The van der Waals surface area contributed by atoms with Gasteiger partial charge < -0.3 is 15.3 Å². The summed E-state index contributed by atoms with van der Waals surface area (Å²) in [5, 5.41) is 0. The van der Waals surface area contributed by atoms with Gasteiger partial charge in [-0.2, -0.15) is 0 Å². The molecule has 18 heavy (non-hydrogen) atoms. The van der Waals surface area contributed by atoms with E-state index in [0.717, 1.165) is 0 Å². The SMILES string of the molecule is C=C[N+]1(C)[SiH2][N+](C)(C)[SiH2][N+](C)(C)[SiH2][N+](C)(C=C)[SiH2]1. The van der Waals surface area contributed by atoms with Gasteiger partial charge in [0.15, 0.2) is 0 Å². The minimum atomic E-state index is -0.298. The summed E-state index contributed by atoms with van der Waals surface area (Å²) in [6.45, 7) is 8.29. The highest BCUT2D eigenvalue weighted by atomic mass is 28.4. The largest absolute Gasteiger partial charge is 0.475 e. The molecule has 0 spiro atoms. The van der Waals surface area contributed by atoms with Gasteiger partial charge in [-0.3, -0.25) is 0 Å². The molecule has 8 heteroatoms. The molecule has 1 heterocycles. The van der Waals surface area contributed by atoms with E-state index in [0.29, 0.717) is 0 Å². The molecular weight excluding hydrogens is 288 g/mol. The van der Waals surface area contributed by atoms with Gasteiger partial charge in [-0.1, -0.05) is 0 Å². The molecule has 0 saturated carbocycles. The standard InChI is InChI=1S/C10H32N4Si4/c1-9-13(7)16-11(3,4)15-12(5,6)17-14(8,10-2)18-13/h9-10H,1-2,15-18H2,3-8H3/q+4. The minimum Gasteiger partial charge on any atom is -0.365 e. The molecule has 1 saturated heterocycles. The molecule has 2 unspecified atom stereocenters. The third-order valence-corrected chi connectivity index (χ3v) is 15.2. The monoisotopic (exact) mass is 320 g/mol. The molecule has 0 bridgehead atoms. The van der Waals surface area contributed by atoms with Crippen molar-refractivity contribution in [1.29, 1.82) is 0 Å². The lowest BCUT2D eigenvalue weighted by Gasteiger charge is -2.50. The van der Waals surface area contributed by atoms with E-state index in [1.807, 2.05) is 0 Å². The quantitative estimate of drug-likeness (QED) is 0.487. The first kappa shape index (κ1) is 16.2. The van der Waals surface area contributed by atoms with E-state index in [4.69, 9.17) is 0 Å². The lowest BCUT2D eigenvalue weighted by atomic mass is 11.0. The van der Waals surface area contributed by atoms with Crippen molar-refractivity contribution in [2.75, 3.05) is 42.3 Å². The van der Waals surface area contributed by atoms with Crippen LogP contribution in [0.5, 0.6) is 0 Å². The number of quaternary nitrogens is 4. The molecule has 0 N–H and O–H groups in total. The van der Waals surface area contributed by atoms with Crippen LogP contribution in [-0.2, 0) is 0 Å². The predicted octanol–water partition coefficient (Wildman–Crippen LogP) is -2.67. The maximum atomic E-state index is 4.14. The Kier molecular flexibility index (Phi) is 4.46. The van der Waals surface area contributed by atoms with E-state index >= 15 is 0 Å². The molecule has 1 aliphatic heterocycles. The van der Waals surface area contributed by atoms with Crippen LogP contribution < -0.4 is 0 Å². The molecule has 1 fully saturated rings. The summed E-state index contributed by atoms with van der Waals surface area (Å²) in [5.74, 6) is 0. The first-order valence-electron chi connectivity index (χ1n) is 6.55. The highest BCUT2D eigenvalue weighted by molar-refractivity contribution is 6.47. The lowest BCUT2D eigenvalue weighted by molar-refractivity contribution is -0.874. The van der Waals surface area contributed by atoms with Crippen LogP contribution in [0.3, 0.4) is 0 Å². The van der Waals surface area contributed by atoms with Crippen molar-refractivity contribution >= 4 is 39.4 Å². The van der Waals surface area contributed by atoms with Crippen LogP contribution in [0.1, 0.15) is 0 Å². The molecule has 0 aromatic rings. The minimum absolute atomic E-state index is 0.155. The van der Waals surface area contributed by atoms with Crippen molar-refractivity contribution in [3.8, 4) is 0 Å². The first-order chi connectivity index (χ1) is 7.95. The van der Waals surface area contributed by atoms with Crippen LogP contribution in [0.15, 0.2) is 25.6 Å². The van der Waals surface area contributed by atoms with Crippen molar-refractivity contribution in [2.45, 2.75) is 0 Å². The summed E-state index contributed by atoms with van der Waals surface area (Å²) in [6, 6.07) is 0. The Morgan fingerprint density at radius 2 is 0.944 bits per heavy atom. The normalized spacial score (nSPS) is 44.8. The average Bonchev–Trinajstić information content (AvgIpc) is 2.11. The second-order valence-corrected chi connectivity index (χ2v) is 25.1. The lowest BCUT2D eigenvalue weighted by Crippen LogP contribution is -2.77. The van der Waals surface area contributed by atoms with Gasteiger partial charge in [-0.15, -0.1) is 0 Å². The predicted molar refractivity (Wildman–Crippen MR) is 91.2 cm³/mol. The molecule has 1 aliphatic rings. The molecule has 104 valence electrons. The molecule has 0 amide bonds. The topological polar surface area (TPSA) is 0 Å². The molecular formula is C10H32N4Si4+4. The molecule has 0 radical (unpaired) electrons. The van der Waals surface area contributed by atoms with Crippen LogP contribution in [0.4, 0.5) is 0 Å². The van der Waals surface area contributed by atoms with Crippen molar-refractivity contribution in [3.05, 3.63) is 25.6 Å². The smallest absolute Gasteiger partial charge is 0.365 e. The Labute approximate surface area is 122 Å². The molecule has 0 aromatic carbocycles. The van der Waals surface area contributed by atoms with Gasteiger partial charge in [-0.25, -0.2) is 0 Å². The third kappa shape index (κ3) is 4.10. The zero-order chi connectivity index (χ0) is 14.2. The van der Waals surface area contributed by atoms with E-state index in [2.05, 4.69) is 67.8 Å². The fourth-order valence-corrected chi connectivity index (χ4v) is 28.2. The number of hydrogen-bond acceptors (Lipinski definition) is 0. The fourth-order valence-electron chi connectivity index (χ4n) is 3.93. The molecule has 2 atom stereocenters. The summed E-state index contributed by atoms with van der Waals surface area (Å²) in [5.41, 5.74) is 0. The highest BCUT2D eigenvalue weighted by Gasteiger charge is 2.49. The van der Waals surface area contributed by atoms with Crippen molar-refractivity contribution in [1.82, 2.24) is 0 Å². The highest BCUT2D eigenvalue weighted by Crippen LogP contribution is 2.17. The average molecular weight is 321 g/mol. The van der Waals surface area contributed by atoms with Gasteiger partial charge in [0.2, 0.25) is 0 Å². The molecule has 4 nitrogen and oxygen atoms in total. The Hall–Kier alpha value is 0.188. The van der Waals surface area contributed by atoms with Crippen LogP contribution in [0.25, 0.3) is 0 Å². The van der Waals surface area contributed by atoms with E-state index in [9.17, 15) is 0 Å². The van der Waals surface area contributed by atoms with Gasteiger partial charge in [0, 0.05) is 42.3 Å². The zero-order valence-corrected chi connectivity index (χ0v) is 18.8. The van der Waals surface area contributed by atoms with Gasteiger partial charge >= 0.3 is 39.4 Å². The number of rotatable bonds is 2. The molecule has 0 aromatic heterocycles. The van der Waals surface area contributed by atoms with Gasteiger partial charge in [-0.05, 0) is 13.2 Å². The number of hydrogen-bond donors (Lipinski definition) is 0. The Morgan fingerprint density at radius 3 is 1.22 bits per heavy atom. The summed E-state index contributed by atoms with van der Waals surface area (Å²) in [4.78, 5) is 0. The van der Waals surface area contributed by atoms with Gasteiger partial charge in [0.05, 0.1) is 12.4 Å². The Bertz CT molecular complexity index is 328. The van der Waals surface area contributed by atoms with Crippen molar-refractivity contribution in [3.63, 3.8) is 0 Å². The fraction of sp³-hybridized carbons (Fsp3) is 0.600. The summed E-state index contributed by atoms with van der Waals surface area (Å²) < 4.78 is 5.14. The zero-order valence-electron chi connectivity index (χ0n) is 13.2. The number of nitrogens with zero attached hydrogens (tertiary/aromatic N) is 4. The first-order valence-corrected chi connectivity index (χ1v) is 11.6. The summed E-state index contributed by atoms with van der Waals surface area (Å²) >= 11 is 0. The van der Waals surface area contributed by atoms with E-state index < -0.39 is 0 Å². The van der Waals surface area contributed by atoms with E-state index in [-0.39, 0.29) is 39.4 Å². The molecule has 1 rings (SSSR count). The summed E-state index contributed by atoms with van der Waals surface area (Å²) in [6.07, 6.45) is 4.49. The van der Waals surface area contributed by atoms with Crippen molar-refractivity contribution < 1.29 is 15.3 Å². The Morgan fingerprint density at radius 1 is 0.611 bits per heavy atom. The second kappa shape index (κ2) is 4.94. The van der Waals surface area contributed by atoms with Gasteiger partial charge in [0.25, 0.3) is 0 Å². The van der Waals surface area contributed by atoms with E-state index in [1.165, 1.54) is 15.3 Å². The third-order valence-electron chi connectivity index (χ3n) is 3.71. The summed E-state index contributed by atoms with van der Waals surface area (Å²) in [7, 11) is 13.9. The van der Waals surface area contributed by atoms with Gasteiger partial charge in [0.1, 0.15) is 0 Å². The van der Waals surface area contributed by atoms with Crippen LogP contribution >= 0.6 is 0 Å². The molecule has 0 aliphatic carbocycles. The van der Waals surface area contributed by atoms with Crippen LogP contribution in [0, 0.1) is 0 Å². The maximum absolute atomic E-state index is 4.14. The van der Waals surface area contributed by atoms with E-state index in [1.54, 1.807) is 0 Å². The van der Waals surface area contributed by atoms with Crippen molar-refractivity contribution in [2.24, 2.45) is 0 Å². The maximum Gasteiger partial charge on any atom is 0.475 e. The van der Waals surface area contributed by atoms with Crippen LogP contribution in [0.2, 0.25) is 0 Å². The van der Waals surface area contributed by atoms with Crippen LogP contribution in [-0.4, -0.2) is 96.9 Å². The second-order valence-electron chi connectivity index (χ2n) is 7.76.